The van der Waals surface area contributed by atoms with E-state index in [2.05, 4.69) is 60.6 Å². The second-order valence-corrected chi connectivity index (χ2v) is 7.24. The number of hydrogen-bond donors (Lipinski definition) is 0. The number of hydrogen-bond acceptors (Lipinski definition) is 3. The molecule has 28 heavy (non-hydrogen) atoms. The first kappa shape index (κ1) is 20.2. The largest absolute Gasteiger partial charge is 0.492 e. The Morgan fingerprint density at radius 3 is 2.32 bits per heavy atom. The summed E-state index contributed by atoms with van der Waals surface area (Å²) in [6.45, 7) is 13.6. The number of aromatic nitrogens is 1. The van der Waals surface area contributed by atoms with Crippen molar-refractivity contribution >= 4 is 16.7 Å². The minimum Gasteiger partial charge on any atom is -0.492 e. The topological polar surface area (TPSA) is 34.5 Å². The van der Waals surface area contributed by atoms with Gasteiger partial charge in [-0.15, -0.1) is 0 Å². The molecule has 3 aromatic rings. The SMILES string of the molecule is CCN(CC)CCOc1ccc2c(c1)c(C(C)=O)c(C)n2-c1ccc(C)cc1. The fraction of sp³-hybridized carbons (Fsp3) is 0.375. The second-order valence-electron chi connectivity index (χ2n) is 7.24. The highest BCUT2D eigenvalue weighted by Gasteiger charge is 2.19. The van der Waals surface area contributed by atoms with Gasteiger partial charge >= 0.3 is 0 Å². The van der Waals surface area contributed by atoms with Crippen LogP contribution in [0, 0.1) is 13.8 Å². The minimum atomic E-state index is 0.0775. The molecule has 0 unspecified atom stereocenters. The molecule has 0 N–H and O–H groups in total. The molecule has 0 amide bonds. The van der Waals surface area contributed by atoms with Gasteiger partial charge in [0.05, 0.1) is 5.52 Å². The van der Waals surface area contributed by atoms with Gasteiger partial charge in [0.1, 0.15) is 12.4 Å². The first-order chi connectivity index (χ1) is 13.5. The highest BCUT2D eigenvalue weighted by molar-refractivity contribution is 6.09. The number of nitrogens with zero attached hydrogens (tertiary/aromatic N) is 2. The van der Waals surface area contributed by atoms with Crippen molar-refractivity contribution in [3.8, 4) is 11.4 Å². The van der Waals surface area contributed by atoms with E-state index in [1.54, 1.807) is 6.92 Å². The summed E-state index contributed by atoms with van der Waals surface area (Å²) in [7, 11) is 0. The number of carbonyl (C=O) groups is 1. The number of fused-ring (bicyclic) bond motifs is 1. The lowest BCUT2D eigenvalue weighted by Crippen LogP contribution is -2.27. The molecule has 3 rings (SSSR count). The molecule has 0 aliphatic heterocycles. The predicted molar refractivity (Wildman–Crippen MR) is 116 cm³/mol. The maximum atomic E-state index is 12.4. The monoisotopic (exact) mass is 378 g/mol. The van der Waals surface area contributed by atoms with E-state index in [1.165, 1.54) is 5.56 Å². The van der Waals surface area contributed by atoms with Gasteiger partial charge in [0.25, 0.3) is 0 Å². The van der Waals surface area contributed by atoms with E-state index in [4.69, 9.17) is 4.74 Å². The van der Waals surface area contributed by atoms with E-state index >= 15 is 0 Å². The van der Waals surface area contributed by atoms with Crippen LogP contribution in [0.3, 0.4) is 0 Å². The zero-order chi connectivity index (χ0) is 20.3. The maximum absolute atomic E-state index is 12.4. The number of rotatable bonds is 8. The van der Waals surface area contributed by atoms with E-state index in [0.29, 0.717) is 6.61 Å². The number of Topliss-reactive ketones (excluding diaryl/α,β-unsaturated/α-hetero) is 1. The third-order valence-corrected chi connectivity index (χ3v) is 5.39. The average molecular weight is 379 g/mol. The van der Waals surface area contributed by atoms with Gasteiger partial charge in [-0.05, 0) is 64.2 Å². The van der Waals surface area contributed by atoms with Gasteiger partial charge in [-0.2, -0.15) is 0 Å². The van der Waals surface area contributed by atoms with Crippen LogP contribution < -0.4 is 4.74 Å². The molecule has 0 fully saturated rings. The lowest BCUT2D eigenvalue weighted by molar-refractivity contribution is 0.101. The fourth-order valence-electron chi connectivity index (χ4n) is 3.79. The van der Waals surface area contributed by atoms with Gasteiger partial charge in [-0.3, -0.25) is 4.79 Å². The molecule has 2 aromatic carbocycles. The van der Waals surface area contributed by atoms with Crippen LogP contribution in [0.2, 0.25) is 0 Å². The van der Waals surface area contributed by atoms with Gasteiger partial charge in [0, 0.05) is 28.9 Å². The summed E-state index contributed by atoms with van der Waals surface area (Å²) in [4.78, 5) is 14.7. The van der Waals surface area contributed by atoms with Crippen molar-refractivity contribution in [1.82, 2.24) is 9.47 Å². The smallest absolute Gasteiger partial charge is 0.162 e. The lowest BCUT2D eigenvalue weighted by Gasteiger charge is -2.18. The van der Waals surface area contributed by atoms with Gasteiger partial charge in [-0.1, -0.05) is 31.5 Å². The van der Waals surface area contributed by atoms with Crippen molar-refractivity contribution in [3.05, 3.63) is 59.3 Å². The minimum absolute atomic E-state index is 0.0775. The first-order valence-electron chi connectivity index (χ1n) is 10.0. The molecule has 0 spiro atoms. The van der Waals surface area contributed by atoms with Crippen LogP contribution in [-0.4, -0.2) is 41.5 Å². The third kappa shape index (κ3) is 3.97. The Bertz CT molecular complexity index is 966. The number of ketones is 1. The number of ether oxygens (including phenoxy) is 1. The second kappa shape index (κ2) is 8.61. The Kier molecular flexibility index (Phi) is 6.20. The van der Waals surface area contributed by atoms with Crippen LogP contribution in [0.1, 0.15) is 42.4 Å². The van der Waals surface area contributed by atoms with E-state index in [0.717, 1.165) is 53.2 Å². The van der Waals surface area contributed by atoms with Crippen molar-refractivity contribution in [3.63, 3.8) is 0 Å². The van der Waals surface area contributed by atoms with Crippen molar-refractivity contribution in [2.45, 2.75) is 34.6 Å². The Morgan fingerprint density at radius 1 is 1.04 bits per heavy atom. The molecular weight excluding hydrogens is 348 g/mol. The van der Waals surface area contributed by atoms with Crippen molar-refractivity contribution in [2.75, 3.05) is 26.2 Å². The van der Waals surface area contributed by atoms with Gasteiger partial charge < -0.3 is 14.2 Å². The van der Waals surface area contributed by atoms with Crippen molar-refractivity contribution in [1.29, 1.82) is 0 Å². The summed E-state index contributed by atoms with van der Waals surface area (Å²) in [5.41, 5.74) is 5.04. The summed E-state index contributed by atoms with van der Waals surface area (Å²) in [5, 5.41) is 0.950. The maximum Gasteiger partial charge on any atom is 0.162 e. The fourth-order valence-corrected chi connectivity index (χ4v) is 3.79. The van der Waals surface area contributed by atoms with Crippen LogP contribution in [0.15, 0.2) is 42.5 Å². The standard InChI is InChI=1S/C24H30N2O2/c1-6-25(7-2)14-15-28-21-12-13-23-22(16-21)24(19(5)27)18(4)26(23)20-10-8-17(3)9-11-20/h8-13,16H,6-7,14-15H2,1-5H3. The van der Waals surface area contributed by atoms with Crippen LogP contribution >= 0.6 is 0 Å². The number of likely N-dealkylation sites (N-methyl/N-ethyl adjacent to an activating group) is 1. The predicted octanol–water partition coefficient (Wildman–Crippen LogP) is 5.17. The molecule has 0 saturated carbocycles. The molecule has 1 heterocycles. The molecule has 0 atom stereocenters. The van der Waals surface area contributed by atoms with Gasteiger partial charge in [0.15, 0.2) is 5.78 Å². The molecule has 0 bridgehead atoms. The van der Waals surface area contributed by atoms with Crippen molar-refractivity contribution < 1.29 is 9.53 Å². The third-order valence-electron chi connectivity index (χ3n) is 5.39. The number of carbonyl (C=O) groups excluding carboxylic acids is 1. The Balaban J connectivity index is 1.99. The summed E-state index contributed by atoms with van der Waals surface area (Å²) in [6, 6.07) is 14.4. The summed E-state index contributed by atoms with van der Waals surface area (Å²) in [5.74, 6) is 0.886. The lowest BCUT2D eigenvalue weighted by atomic mass is 10.1. The normalized spacial score (nSPS) is 11.4. The van der Waals surface area contributed by atoms with Crippen LogP contribution in [0.5, 0.6) is 5.75 Å². The molecule has 0 aliphatic carbocycles. The van der Waals surface area contributed by atoms with E-state index in [9.17, 15) is 4.79 Å². The summed E-state index contributed by atoms with van der Waals surface area (Å²) in [6.07, 6.45) is 0. The average Bonchev–Trinajstić information content (AvgIpc) is 2.97. The quantitative estimate of drug-likeness (QED) is 0.507. The van der Waals surface area contributed by atoms with E-state index in [-0.39, 0.29) is 5.78 Å². The molecule has 1 aromatic heterocycles. The molecule has 148 valence electrons. The highest BCUT2D eigenvalue weighted by Crippen LogP contribution is 2.32. The van der Waals surface area contributed by atoms with E-state index < -0.39 is 0 Å². The van der Waals surface area contributed by atoms with E-state index in [1.807, 2.05) is 19.1 Å². The summed E-state index contributed by atoms with van der Waals surface area (Å²) < 4.78 is 8.15. The van der Waals surface area contributed by atoms with Crippen LogP contribution in [-0.2, 0) is 0 Å². The van der Waals surface area contributed by atoms with Crippen LogP contribution in [0.25, 0.3) is 16.6 Å². The highest BCUT2D eigenvalue weighted by atomic mass is 16.5. The van der Waals surface area contributed by atoms with Gasteiger partial charge in [-0.25, -0.2) is 0 Å². The first-order valence-corrected chi connectivity index (χ1v) is 10.0. The zero-order valence-electron chi connectivity index (χ0n) is 17.6. The number of benzene rings is 2. The number of aryl methyl sites for hydroxylation is 1. The molecular formula is C24H30N2O2. The van der Waals surface area contributed by atoms with Gasteiger partial charge in [0.2, 0.25) is 0 Å². The molecule has 0 aliphatic rings. The molecule has 4 heteroatoms. The molecule has 4 nitrogen and oxygen atoms in total. The molecule has 0 radical (unpaired) electrons. The summed E-state index contributed by atoms with van der Waals surface area (Å²) >= 11 is 0. The van der Waals surface area contributed by atoms with Crippen LogP contribution in [0.4, 0.5) is 0 Å². The Hall–Kier alpha value is -2.59. The molecule has 0 saturated heterocycles. The Morgan fingerprint density at radius 2 is 1.71 bits per heavy atom. The Labute approximate surface area is 167 Å². The zero-order valence-corrected chi connectivity index (χ0v) is 17.6. The van der Waals surface area contributed by atoms with Crippen molar-refractivity contribution in [2.24, 2.45) is 0 Å².